The molecule has 1 aromatic heterocycles. The van der Waals surface area contributed by atoms with E-state index in [1.807, 2.05) is 18.4 Å². The molecule has 25 heavy (non-hydrogen) atoms. The molecule has 0 aliphatic carbocycles. The first-order valence-corrected chi connectivity index (χ1v) is 9.73. The average Bonchev–Trinajstić information content (AvgIpc) is 2.97. The van der Waals surface area contributed by atoms with Crippen molar-refractivity contribution in [2.45, 2.75) is 33.4 Å². The molecule has 0 saturated carbocycles. The second-order valence-electron chi connectivity index (χ2n) is 6.97. The third-order valence-electron chi connectivity index (χ3n) is 4.70. The predicted octanol–water partition coefficient (Wildman–Crippen LogP) is 2.61. The molecule has 1 saturated heterocycles. The molecule has 0 radical (unpaired) electrons. The van der Waals surface area contributed by atoms with E-state index in [1.165, 1.54) is 9.75 Å². The van der Waals surface area contributed by atoms with Crippen molar-refractivity contribution < 1.29 is 0 Å². The van der Waals surface area contributed by atoms with Gasteiger partial charge in [-0.1, -0.05) is 13.8 Å². The fourth-order valence-electron chi connectivity index (χ4n) is 3.11. The number of guanidine groups is 1. The smallest absolute Gasteiger partial charge is 0.191 e. The van der Waals surface area contributed by atoms with E-state index >= 15 is 0 Å². The molecule has 0 spiro atoms. The van der Waals surface area contributed by atoms with Crippen molar-refractivity contribution in [1.82, 2.24) is 20.4 Å². The van der Waals surface area contributed by atoms with Crippen LogP contribution in [0.5, 0.6) is 0 Å². The number of nitrogens with one attached hydrogen (secondary N) is 2. The molecule has 2 rings (SSSR count). The zero-order valence-corrected chi connectivity index (χ0v) is 19.4. The van der Waals surface area contributed by atoms with Crippen molar-refractivity contribution in [2.75, 3.05) is 46.8 Å². The van der Waals surface area contributed by atoms with E-state index in [0.29, 0.717) is 12.0 Å². The third kappa shape index (κ3) is 7.40. The van der Waals surface area contributed by atoms with Gasteiger partial charge in [0.2, 0.25) is 0 Å². The Morgan fingerprint density at radius 3 is 2.40 bits per heavy atom. The predicted molar refractivity (Wildman–Crippen MR) is 120 cm³/mol. The zero-order chi connectivity index (χ0) is 17.5. The number of nitrogens with zero attached hydrogens (tertiary/aromatic N) is 3. The molecule has 1 atom stereocenters. The minimum Gasteiger partial charge on any atom is -0.355 e. The van der Waals surface area contributed by atoms with Gasteiger partial charge in [0.05, 0.1) is 6.54 Å². The summed E-state index contributed by atoms with van der Waals surface area (Å²) in [6.07, 6.45) is 0. The fourth-order valence-corrected chi connectivity index (χ4v) is 3.94. The molecule has 7 heteroatoms. The molecule has 1 aliphatic heterocycles. The van der Waals surface area contributed by atoms with Gasteiger partial charge in [-0.3, -0.25) is 9.89 Å². The second-order valence-corrected chi connectivity index (χ2v) is 8.34. The van der Waals surface area contributed by atoms with Crippen LogP contribution < -0.4 is 10.6 Å². The van der Waals surface area contributed by atoms with Gasteiger partial charge in [-0.25, -0.2) is 0 Å². The van der Waals surface area contributed by atoms with Crippen LogP contribution in [0.2, 0.25) is 0 Å². The third-order valence-corrected chi connectivity index (χ3v) is 5.71. The van der Waals surface area contributed by atoms with Gasteiger partial charge < -0.3 is 15.5 Å². The highest BCUT2D eigenvalue weighted by molar-refractivity contribution is 14.0. The Morgan fingerprint density at radius 2 is 1.88 bits per heavy atom. The Morgan fingerprint density at radius 1 is 1.20 bits per heavy atom. The molecule has 0 bridgehead atoms. The highest BCUT2D eigenvalue weighted by Gasteiger charge is 2.24. The van der Waals surface area contributed by atoms with E-state index < -0.39 is 0 Å². The maximum absolute atomic E-state index is 4.37. The number of hydrogen-bond acceptors (Lipinski definition) is 4. The number of aryl methyl sites for hydroxylation is 1. The summed E-state index contributed by atoms with van der Waals surface area (Å²) in [5.74, 6) is 1.51. The van der Waals surface area contributed by atoms with Crippen LogP contribution in [0.3, 0.4) is 0 Å². The molecule has 1 fully saturated rings. The summed E-state index contributed by atoms with van der Waals surface area (Å²) < 4.78 is 0. The minimum atomic E-state index is 0. The number of aliphatic imine (C=N–C) groups is 1. The Balaban J connectivity index is 0.00000312. The SMILES string of the molecule is CN=C(NCc1ccc(C)s1)NCC(C(C)C)N1CCN(C)CC1.I. The largest absolute Gasteiger partial charge is 0.355 e. The lowest BCUT2D eigenvalue weighted by Gasteiger charge is -2.40. The molecular formula is C18H34IN5S. The Hall–Kier alpha value is -0.380. The van der Waals surface area contributed by atoms with Crippen LogP contribution in [0, 0.1) is 12.8 Å². The number of rotatable bonds is 6. The first kappa shape index (κ1) is 22.7. The van der Waals surface area contributed by atoms with E-state index in [1.54, 1.807) is 0 Å². The summed E-state index contributed by atoms with van der Waals surface area (Å²) in [4.78, 5) is 12.1. The van der Waals surface area contributed by atoms with Gasteiger partial charge in [0, 0.05) is 55.6 Å². The molecule has 5 nitrogen and oxygen atoms in total. The normalized spacial score (nSPS) is 18.1. The highest BCUT2D eigenvalue weighted by atomic mass is 127. The maximum Gasteiger partial charge on any atom is 0.191 e. The van der Waals surface area contributed by atoms with Crippen molar-refractivity contribution >= 4 is 41.3 Å². The standard InChI is InChI=1S/C18H33N5S.HI/c1-14(2)17(23-10-8-22(5)9-11-23)13-21-18(19-4)20-12-16-7-6-15(3)24-16;/h6-7,14,17H,8-13H2,1-5H3,(H2,19,20,21);1H. The summed E-state index contributed by atoms with van der Waals surface area (Å²) in [5, 5.41) is 6.95. The molecule has 144 valence electrons. The maximum atomic E-state index is 4.37. The summed E-state index contributed by atoms with van der Waals surface area (Å²) in [6.45, 7) is 13.2. The van der Waals surface area contributed by atoms with Gasteiger partial charge in [-0.2, -0.15) is 0 Å². The van der Waals surface area contributed by atoms with Crippen LogP contribution in [0.1, 0.15) is 23.6 Å². The van der Waals surface area contributed by atoms with Crippen molar-refractivity contribution in [3.05, 3.63) is 21.9 Å². The van der Waals surface area contributed by atoms with E-state index in [-0.39, 0.29) is 24.0 Å². The monoisotopic (exact) mass is 479 g/mol. The van der Waals surface area contributed by atoms with E-state index in [2.05, 4.69) is 65.4 Å². The number of halogens is 1. The fraction of sp³-hybridized carbons (Fsp3) is 0.722. The lowest BCUT2D eigenvalue weighted by Crippen LogP contribution is -2.55. The number of hydrogen-bond donors (Lipinski definition) is 2. The van der Waals surface area contributed by atoms with Crippen LogP contribution in [0.4, 0.5) is 0 Å². The summed E-state index contributed by atoms with van der Waals surface area (Å²) in [6, 6.07) is 4.89. The van der Waals surface area contributed by atoms with Crippen LogP contribution in [-0.2, 0) is 6.54 Å². The Bertz CT molecular complexity index is 523. The Kier molecular flexibility index (Phi) is 10.3. The first-order valence-electron chi connectivity index (χ1n) is 8.92. The van der Waals surface area contributed by atoms with Crippen molar-refractivity contribution in [1.29, 1.82) is 0 Å². The van der Waals surface area contributed by atoms with Gasteiger partial charge >= 0.3 is 0 Å². The molecule has 2 N–H and O–H groups in total. The molecule has 0 aromatic carbocycles. The average molecular weight is 479 g/mol. The summed E-state index contributed by atoms with van der Waals surface area (Å²) >= 11 is 1.83. The molecule has 1 aromatic rings. The van der Waals surface area contributed by atoms with E-state index in [9.17, 15) is 0 Å². The zero-order valence-electron chi connectivity index (χ0n) is 16.2. The number of piperazine rings is 1. The van der Waals surface area contributed by atoms with E-state index in [4.69, 9.17) is 0 Å². The van der Waals surface area contributed by atoms with E-state index in [0.717, 1.165) is 45.2 Å². The topological polar surface area (TPSA) is 42.9 Å². The molecule has 1 aliphatic rings. The van der Waals surface area contributed by atoms with Crippen LogP contribution in [-0.4, -0.2) is 68.6 Å². The summed E-state index contributed by atoms with van der Waals surface area (Å²) in [7, 11) is 4.05. The van der Waals surface area contributed by atoms with Gasteiger partial charge in [-0.15, -0.1) is 35.3 Å². The number of thiophene rings is 1. The number of likely N-dealkylation sites (N-methyl/N-ethyl adjacent to an activating group) is 1. The van der Waals surface area contributed by atoms with Crippen LogP contribution in [0.15, 0.2) is 17.1 Å². The first-order chi connectivity index (χ1) is 11.5. The second kappa shape index (κ2) is 11.4. The van der Waals surface area contributed by atoms with Crippen LogP contribution in [0.25, 0.3) is 0 Å². The Labute approximate surface area is 174 Å². The van der Waals surface area contributed by atoms with Gasteiger partial charge in [0.15, 0.2) is 5.96 Å². The quantitative estimate of drug-likeness (QED) is 0.374. The van der Waals surface area contributed by atoms with Crippen molar-refractivity contribution in [2.24, 2.45) is 10.9 Å². The molecule has 2 heterocycles. The van der Waals surface area contributed by atoms with Gasteiger partial charge in [-0.05, 0) is 32.0 Å². The van der Waals surface area contributed by atoms with Gasteiger partial charge in [0.25, 0.3) is 0 Å². The molecule has 1 unspecified atom stereocenters. The lowest BCUT2D eigenvalue weighted by atomic mass is 10.0. The lowest BCUT2D eigenvalue weighted by molar-refractivity contribution is 0.0900. The van der Waals surface area contributed by atoms with Crippen molar-refractivity contribution in [3.8, 4) is 0 Å². The molecular weight excluding hydrogens is 445 g/mol. The molecule has 0 amide bonds. The highest BCUT2D eigenvalue weighted by Crippen LogP contribution is 2.15. The van der Waals surface area contributed by atoms with Crippen molar-refractivity contribution in [3.63, 3.8) is 0 Å². The summed E-state index contributed by atoms with van der Waals surface area (Å²) in [5.41, 5.74) is 0. The van der Waals surface area contributed by atoms with Gasteiger partial charge in [0.1, 0.15) is 0 Å². The van der Waals surface area contributed by atoms with Crippen LogP contribution >= 0.6 is 35.3 Å². The minimum absolute atomic E-state index is 0.